The fourth-order valence-corrected chi connectivity index (χ4v) is 3.10. The van der Waals surface area contributed by atoms with Gasteiger partial charge in [0.2, 0.25) is 0 Å². The van der Waals surface area contributed by atoms with Crippen LogP contribution in [0.5, 0.6) is 0 Å². The molecule has 0 aliphatic carbocycles. The molecule has 0 spiro atoms. The topological polar surface area (TPSA) is 3.24 Å². The lowest BCUT2D eigenvalue weighted by Gasteiger charge is -2.26. The Morgan fingerprint density at radius 3 is 2.31 bits per heavy atom. The smallest absolute Gasteiger partial charge is 0.0234 e. The van der Waals surface area contributed by atoms with Gasteiger partial charge in [-0.2, -0.15) is 11.8 Å². The molecule has 0 saturated carbocycles. The van der Waals surface area contributed by atoms with Gasteiger partial charge in [-0.1, -0.05) is 37.6 Å². The minimum absolute atomic E-state index is 1.13. The van der Waals surface area contributed by atoms with Gasteiger partial charge in [0, 0.05) is 31.1 Å². The van der Waals surface area contributed by atoms with Crippen LogP contribution in [0.4, 0.5) is 0 Å². The van der Waals surface area contributed by atoms with E-state index in [9.17, 15) is 0 Å². The van der Waals surface area contributed by atoms with Crippen LogP contribution in [-0.2, 0) is 13.0 Å². The van der Waals surface area contributed by atoms with Gasteiger partial charge in [-0.25, -0.2) is 0 Å². The lowest BCUT2D eigenvalue weighted by molar-refractivity contribution is 0.294. The summed E-state index contributed by atoms with van der Waals surface area (Å²) in [5.74, 6) is 2.60. The third-order valence-corrected chi connectivity index (χ3v) is 4.01. The molecule has 88 valence electrons. The lowest BCUT2D eigenvalue weighted by atomic mass is 10.1. The fourth-order valence-electron chi connectivity index (χ4n) is 2.12. The molecule has 0 unspecified atom stereocenters. The maximum Gasteiger partial charge on any atom is 0.0234 e. The van der Waals surface area contributed by atoms with Crippen LogP contribution in [0.25, 0.3) is 0 Å². The monoisotopic (exact) mass is 235 g/mol. The van der Waals surface area contributed by atoms with E-state index in [4.69, 9.17) is 0 Å². The minimum Gasteiger partial charge on any atom is -0.297 e. The predicted octanol–water partition coefficient (Wildman–Crippen LogP) is 3.19. The molecule has 16 heavy (non-hydrogen) atoms. The van der Waals surface area contributed by atoms with Gasteiger partial charge in [0.25, 0.3) is 0 Å². The van der Waals surface area contributed by atoms with Crippen LogP contribution < -0.4 is 0 Å². The Kier molecular flexibility index (Phi) is 4.73. The highest BCUT2D eigenvalue weighted by Crippen LogP contribution is 2.13. The molecule has 1 aromatic carbocycles. The van der Waals surface area contributed by atoms with Crippen LogP contribution in [-0.4, -0.2) is 29.5 Å². The summed E-state index contributed by atoms with van der Waals surface area (Å²) in [7, 11) is 0. The minimum atomic E-state index is 1.13. The second kappa shape index (κ2) is 6.31. The highest BCUT2D eigenvalue weighted by molar-refractivity contribution is 7.99. The van der Waals surface area contributed by atoms with Crippen molar-refractivity contribution >= 4 is 11.8 Å². The Morgan fingerprint density at radius 2 is 1.69 bits per heavy atom. The fraction of sp³-hybridized carbons (Fsp3) is 0.571. The van der Waals surface area contributed by atoms with Crippen LogP contribution in [0, 0.1) is 0 Å². The summed E-state index contributed by atoms with van der Waals surface area (Å²) in [6.45, 7) is 5.87. The van der Waals surface area contributed by atoms with E-state index in [0.29, 0.717) is 0 Å². The average Bonchev–Trinajstić information content (AvgIpc) is 2.33. The second-order valence-corrected chi connectivity index (χ2v) is 5.68. The quantitative estimate of drug-likeness (QED) is 0.788. The third kappa shape index (κ3) is 3.53. The van der Waals surface area contributed by atoms with Crippen molar-refractivity contribution in [2.24, 2.45) is 0 Å². The van der Waals surface area contributed by atoms with Crippen molar-refractivity contribution in [3.05, 3.63) is 35.4 Å². The maximum atomic E-state index is 2.56. The van der Waals surface area contributed by atoms with Crippen molar-refractivity contribution in [3.63, 3.8) is 0 Å². The molecule has 0 radical (unpaired) electrons. The van der Waals surface area contributed by atoms with Crippen LogP contribution in [0.1, 0.15) is 24.5 Å². The van der Waals surface area contributed by atoms with Crippen LogP contribution in [0.15, 0.2) is 24.3 Å². The van der Waals surface area contributed by atoms with E-state index in [0.717, 1.165) is 6.54 Å². The van der Waals surface area contributed by atoms with Gasteiger partial charge in [-0.15, -0.1) is 0 Å². The first-order chi connectivity index (χ1) is 7.88. The Balaban J connectivity index is 1.88. The molecule has 1 nitrogen and oxygen atoms in total. The van der Waals surface area contributed by atoms with Crippen LogP contribution in [0.3, 0.4) is 0 Å². The lowest BCUT2D eigenvalue weighted by Crippen LogP contribution is -2.31. The van der Waals surface area contributed by atoms with Gasteiger partial charge in [0.05, 0.1) is 0 Å². The highest BCUT2D eigenvalue weighted by atomic mass is 32.2. The number of rotatable bonds is 4. The van der Waals surface area contributed by atoms with E-state index in [1.54, 1.807) is 0 Å². The molecule has 0 N–H and O–H groups in total. The van der Waals surface area contributed by atoms with Crippen molar-refractivity contribution in [2.75, 3.05) is 24.6 Å². The van der Waals surface area contributed by atoms with Gasteiger partial charge in [-0.3, -0.25) is 4.90 Å². The van der Waals surface area contributed by atoms with Gasteiger partial charge in [0.15, 0.2) is 0 Å². The first-order valence-electron chi connectivity index (χ1n) is 6.26. The molecular weight excluding hydrogens is 214 g/mol. The summed E-state index contributed by atoms with van der Waals surface area (Å²) >= 11 is 2.08. The number of hydrogen-bond donors (Lipinski definition) is 0. The zero-order valence-electron chi connectivity index (χ0n) is 10.1. The van der Waals surface area contributed by atoms with E-state index in [2.05, 4.69) is 47.9 Å². The molecule has 0 bridgehead atoms. The zero-order chi connectivity index (χ0) is 11.2. The summed E-state index contributed by atoms with van der Waals surface area (Å²) < 4.78 is 0. The Bertz CT molecular complexity index is 301. The van der Waals surface area contributed by atoms with Gasteiger partial charge in [0.1, 0.15) is 0 Å². The molecule has 1 heterocycles. The molecule has 1 aliphatic rings. The molecule has 1 aliphatic heterocycles. The van der Waals surface area contributed by atoms with Crippen molar-refractivity contribution < 1.29 is 0 Å². The largest absolute Gasteiger partial charge is 0.297 e. The van der Waals surface area contributed by atoms with E-state index in [1.165, 1.54) is 48.6 Å². The molecule has 0 aromatic heterocycles. The molecule has 1 aromatic rings. The van der Waals surface area contributed by atoms with Crippen molar-refractivity contribution in [3.8, 4) is 0 Å². The first-order valence-corrected chi connectivity index (χ1v) is 7.42. The van der Waals surface area contributed by atoms with Crippen molar-refractivity contribution in [1.82, 2.24) is 4.90 Å². The maximum absolute atomic E-state index is 2.56. The SMILES string of the molecule is CCCc1ccc(CN2CCSCC2)cc1. The third-order valence-electron chi connectivity index (χ3n) is 3.07. The van der Waals surface area contributed by atoms with Gasteiger partial charge < -0.3 is 0 Å². The van der Waals surface area contributed by atoms with E-state index in [1.807, 2.05) is 0 Å². The zero-order valence-corrected chi connectivity index (χ0v) is 10.9. The van der Waals surface area contributed by atoms with Crippen LogP contribution >= 0.6 is 11.8 Å². The van der Waals surface area contributed by atoms with Crippen molar-refractivity contribution in [2.45, 2.75) is 26.3 Å². The molecule has 2 rings (SSSR count). The number of thioether (sulfide) groups is 1. The molecule has 2 heteroatoms. The first kappa shape index (κ1) is 12.0. The molecular formula is C14H21NS. The van der Waals surface area contributed by atoms with E-state index >= 15 is 0 Å². The standard InChI is InChI=1S/C14H21NS/c1-2-3-13-4-6-14(7-5-13)12-15-8-10-16-11-9-15/h4-7H,2-3,8-12H2,1H3. The summed E-state index contributed by atoms with van der Waals surface area (Å²) in [5, 5.41) is 0. The number of hydrogen-bond acceptors (Lipinski definition) is 2. The molecule has 1 fully saturated rings. The average molecular weight is 235 g/mol. The number of aryl methyl sites for hydroxylation is 1. The number of nitrogens with zero attached hydrogens (tertiary/aromatic N) is 1. The number of benzene rings is 1. The highest BCUT2D eigenvalue weighted by Gasteiger charge is 2.10. The normalized spacial score (nSPS) is 17.6. The molecule has 0 amide bonds. The second-order valence-electron chi connectivity index (χ2n) is 4.46. The summed E-state index contributed by atoms with van der Waals surface area (Å²) in [5.41, 5.74) is 2.94. The van der Waals surface area contributed by atoms with E-state index in [-0.39, 0.29) is 0 Å². The Labute approximate surface area is 103 Å². The summed E-state index contributed by atoms with van der Waals surface area (Å²) in [6, 6.07) is 9.18. The summed E-state index contributed by atoms with van der Waals surface area (Å²) in [6.07, 6.45) is 2.45. The predicted molar refractivity (Wildman–Crippen MR) is 73.0 cm³/mol. The Morgan fingerprint density at radius 1 is 1.06 bits per heavy atom. The van der Waals surface area contributed by atoms with Crippen molar-refractivity contribution in [1.29, 1.82) is 0 Å². The van der Waals surface area contributed by atoms with Gasteiger partial charge in [-0.05, 0) is 17.5 Å². The van der Waals surface area contributed by atoms with Gasteiger partial charge >= 0.3 is 0 Å². The molecule has 1 saturated heterocycles. The summed E-state index contributed by atoms with van der Waals surface area (Å²) in [4.78, 5) is 2.56. The Hall–Kier alpha value is -0.470. The van der Waals surface area contributed by atoms with Crippen LogP contribution in [0.2, 0.25) is 0 Å². The molecule has 0 atom stereocenters. The van der Waals surface area contributed by atoms with E-state index < -0.39 is 0 Å².